The Balaban J connectivity index is 1.57. The molecule has 150 valence electrons. The molecule has 2 heterocycles. The van der Waals surface area contributed by atoms with Crippen LogP contribution in [0, 0.1) is 5.92 Å². The number of carbonyl (C=O) groups is 3. The van der Waals surface area contributed by atoms with E-state index in [2.05, 4.69) is 19.2 Å². The summed E-state index contributed by atoms with van der Waals surface area (Å²) in [5, 5.41) is 2.95. The van der Waals surface area contributed by atoms with Gasteiger partial charge < -0.3 is 10.2 Å². The van der Waals surface area contributed by atoms with Crippen LogP contribution >= 0.6 is 0 Å². The van der Waals surface area contributed by atoms with Crippen molar-refractivity contribution < 1.29 is 14.4 Å². The molecule has 1 saturated carbocycles. The molecule has 3 aliphatic rings. The van der Waals surface area contributed by atoms with Crippen LogP contribution in [0.15, 0.2) is 24.3 Å². The van der Waals surface area contributed by atoms with Crippen LogP contribution in [0.3, 0.4) is 0 Å². The number of benzene rings is 1. The summed E-state index contributed by atoms with van der Waals surface area (Å²) >= 11 is 0. The van der Waals surface area contributed by atoms with Gasteiger partial charge in [0.25, 0.3) is 5.91 Å². The van der Waals surface area contributed by atoms with E-state index >= 15 is 0 Å². The second kappa shape index (κ2) is 7.57. The molecule has 1 aliphatic carbocycles. The minimum Gasteiger partial charge on any atom is -0.332 e. The number of hydrogen-bond acceptors (Lipinski definition) is 3. The molecule has 2 aliphatic heterocycles. The normalized spacial score (nSPS) is 25.8. The summed E-state index contributed by atoms with van der Waals surface area (Å²) in [4.78, 5) is 42.0. The van der Waals surface area contributed by atoms with E-state index in [1.807, 2.05) is 24.3 Å². The number of hydrogen-bond donors (Lipinski definition) is 1. The number of urea groups is 1. The van der Waals surface area contributed by atoms with Crippen LogP contribution in [0.5, 0.6) is 0 Å². The molecule has 3 fully saturated rings. The van der Waals surface area contributed by atoms with Gasteiger partial charge >= 0.3 is 6.03 Å². The Kier molecular flexibility index (Phi) is 5.13. The highest BCUT2D eigenvalue weighted by atomic mass is 16.2. The first-order valence-electron chi connectivity index (χ1n) is 10.5. The molecule has 1 N–H and O–H groups in total. The Bertz CT molecular complexity index is 768. The van der Waals surface area contributed by atoms with Crippen LogP contribution in [-0.4, -0.2) is 41.4 Å². The third-order valence-electron chi connectivity index (χ3n) is 6.44. The fraction of sp³-hybridized carbons (Fsp3) is 0.591. The predicted molar refractivity (Wildman–Crippen MR) is 107 cm³/mol. The van der Waals surface area contributed by atoms with E-state index in [9.17, 15) is 14.4 Å². The molecule has 0 spiro atoms. The van der Waals surface area contributed by atoms with Gasteiger partial charge in [-0.15, -0.1) is 0 Å². The zero-order valence-electron chi connectivity index (χ0n) is 16.7. The van der Waals surface area contributed by atoms with E-state index < -0.39 is 12.1 Å². The van der Waals surface area contributed by atoms with E-state index in [1.54, 1.807) is 4.90 Å². The molecule has 1 aromatic carbocycles. The van der Waals surface area contributed by atoms with E-state index in [4.69, 9.17) is 0 Å². The van der Waals surface area contributed by atoms with Gasteiger partial charge in [0, 0.05) is 12.5 Å². The van der Waals surface area contributed by atoms with Crippen LogP contribution in [0.2, 0.25) is 0 Å². The van der Waals surface area contributed by atoms with Gasteiger partial charge in [-0.05, 0) is 42.9 Å². The summed E-state index contributed by atoms with van der Waals surface area (Å²) in [6.45, 7) is 4.74. The molecular weight excluding hydrogens is 354 g/mol. The number of rotatable bonds is 3. The van der Waals surface area contributed by atoms with E-state index in [1.165, 1.54) is 11.3 Å². The zero-order valence-corrected chi connectivity index (χ0v) is 16.7. The molecular formula is C22H29N3O3. The number of nitrogens with one attached hydrogen (secondary N) is 1. The molecule has 2 atom stereocenters. The monoisotopic (exact) mass is 383 g/mol. The number of nitrogens with zero attached hydrogens (tertiary/aromatic N) is 2. The van der Waals surface area contributed by atoms with Crippen LogP contribution < -0.4 is 10.2 Å². The topological polar surface area (TPSA) is 69.7 Å². The lowest BCUT2D eigenvalue weighted by Crippen LogP contribution is -2.65. The minimum absolute atomic E-state index is 0.0247. The highest BCUT2D eigenvalue weighted by Crippen LogP contribution is 2.32. The smallest absolute Gasteiger partial charge is 0.329 e. The fourth-order valence-corrected chi connectivity index (χ4v) is 4.79. The van der Waals surface area contributed by atoms with Crippen molar-refractivity contribution in [1.29, 1.82) is 0 Å². The summed E-state index contributed by atoms with van der Waals surface area (Å²) in [6, 6.07) is 6.27. The van der Waals surface area contributed by atoms with Crippen LogP contribution in [0.1, 0.15) is 63.9 Å². The van der Waals surface area contributed by atoms with Gasteiger partial charge in [0.15, 0.2) is 0 Å². The summed E-state index contributed by atoms with van der Waals surface area (Å²) in [5.41, 5.74) is 1.71. The van der Waals surface area contributed by atoms with Crippen LogP contribution in [0.4, 0.5) is 10.5 Å². The Morgan fingerprint density at radius 3 is 2.36 bits per heavy atom. The van der Waals surface area contributed by atoms with Gasteiger partial charge in [0.2, 0.25) is 5.91 Å². The number of fused-ring (bicyclic) bond motifs is 1. The Labute approximate surface area is 166 Å². The van der Waals surface area contributed by atoms with Gasteiger partial charge in [-0.2, -0.15) is 0 Å². The summed E-state index contributed by atoms with van der Waals surface area (Å²) in [7, 11) is 0. The lowest BCUT2D eigenvalue weighted by atomic mass is 9.88. The molecule has 6 nitrogen and oxygen atoms in total. The second-order valence-corrected chi connectivity index (χ2v) is 8.58. The zero-order chi connectivity index (χ0) is 19.8. The highest BCUT2D eigenvalue weighted by Gasteiger charge is 2.50. The molecule has 6 heteroatoms. The fourth-order valence-electron chi connectivity index (χ4n) is 4.79. The van der Waals surface area contributed by atoms with Crippen LogP contribution in [-0.2, 0) is 9.59 Å². The van der Waals surface area contributed by atoms with Gasteiger partial charge in [0.1, 0.15) is 6.04 Å². The van der Waals surface area contributed by atoms with Gasteiger partial charge in [-0.1, -0.05) is 45.2 Å². The average Bonchev–Trinajstić information content (AvgIpc) is 3.12. The van der Waals surface area contributed by atoms with Crippen molar-refractivity contribution in [3.8, 4) is 0 Å². The molecule has 0 aromatic heterocycles. The maximum absolute atomic E-state index is 13.3. The largest absolute Gasteiger partial charge is 0.332 e. The SMILES string of the molecule is CC(C)c1ccc(N2C(=O)N[C@@H]3CCN(C(=O)C4CCCCC4)[C@@H]3C2=O)cc1. The summed E-state index contributed by atoms with van der Waals surface area (Å²) in [6.07, 6.45) is 5.81. The molecule has 4 rings (SSSR count). The first-order chi connectivity index (χ1) is 13.5. The molecule has 2 saturated heterocycles. The lowest BCUT2D eigenvalue weighted by molar-refractivity contribution is -0.142. The van der Waals surface area contributed by atoms with Gasteiger partial charge in [-0.25, -0.2) is 9.69 Å². The van der Waals surface area contributed by atoms with Crippen molar-refractivity contribution in [3.63, 3.8) is 0 Å². The number of amides is 4. The maximum atomic E-state index is 13.3. The molecule has 28 heavy (non-hydrogen) atoms. The quantitative estimate of drug-likeness (QED) is 0.869. The van der Waals surface area contributed by atoms with Crippen LogP contribution in [0.25, 0.3) is 0 Å². The van der Waals surface area contributed by atoms with Gasteiger partial charge in [0.05, 0.1) is 11.7 Å². The third kappa shape index (κ3) is 3.29. The van der Waals surface area contributed by atoms with E-state index in [0.717, 1.165) is 31.2 Å². The number of anilines is 1. The maximum Gasteiger partial charge on any atom is 0.329 e. The van der Waals surface area contributed by atoms with Crippen molar-refractivity contribution in [1.82, 2.24) is 10.2 Å². The van der Waals surface area contributed by atoms with Crippen molar-refractivity contribution in [2.75, 3.05) is 11.4 Å². The Hall–Kier alpha value is -2.37. The molecule has 1 aromatic rings. The third-order valence-corrected chi connectivity index (χ3v) is 6.44. The summed E-state index contributed by atoms with van der Waals surface area (Å²) < 4.78 is 0. The summed E-state index contributed by atoms with van der Waals surface area (Å²) in [5.74, 6) is 0.207. The Morgan fingerprint density at radius 2 is 1.71 bits per heavy atom. The van der Waals surface area contributed by atoms with Crippen molar-refractivity contribution in [2.24, 2.45) is 5.92 Å². The van der Waals surface area contributed by atoms with Crippen molar-refractivity contribution in [2.45, 2.75) is 70.4 Å². The van der Waals surface area contributed by atoms with E-state index in [-0.39, 0.29) is 23.8 Å². The van der Waals surface area contributed by atoms with Gasteiger partial charge in [-0.3, -0.25) is 9.59 Å². The highest BCUT2D eigenvalue weighted by molar-refractivity contribution is 6.19. The average molecular weight is 383 g/mol. The van der Waals surface area contributed by atoms with Crippen molar-refractivity contribution in [3.05, 3.63) is 29.8 Å². The number of imide groups is 1. The number of carbonyl (C=O) groups excluding carboxylic acids is 3. The van der Waals surface area contributed by atoms with Crippen molar-refractivity contribution >= 4 is 23.5 Å². The number of likely N-dealkylation sites (tertiary alicyclic amines) is 1. The predicted octanol–water partition coefficient (Wildman–Crippen LogP) is 3.42. The molecule has 0 bridgehead atoms. The first kappa shape index (κ1) is 19.0. The lowest BCUT2D eigenvalue weighted by Gasteiger charge is -2.38. The Morgan fingerprint density at radius 1 is 1.04 bits per heavy atom. The molecule has 4 amide bonds. The molecule has 0 radical (unpaired) electrons. The molecule has 0 unspecified atom stereocenters. The first-order valence-corrected chi connectivity index (χ1v) is 10.5. The van der Waals surface area contributed by atoms with E-state index in [0.29, 0.717) is 24.6 Å². The standard InChI is InChI=1S/C22H29N3O3/c1-14(2)15-8-10-17(11-9-15)25-21(27)19-18(23-22(25)28)12-13-24(19)20(26)16-6-4-3-5-7-16/h8-11,14,16,18-19H,3-7,12-13H2,1-2H3,(H,23,28)/t18-,19+/m1/s1. The second-order valence-electron chi connectivity index (χ2n) is 8.58. The minimum atomic E-state index is -0.586.